The summed E-state index contributed by atoms with van der Waals surface area (Å²) in [5, 5.41) is 91.8. The number of rotatable bonds is 71. The van der Waals surface area contributed by atoms with E-state index in [1.54, 1.807) is 34.6 Å². The highest BCUT2D eigenvalue weighted by atomic mass is 32.1. The first kappa shape index (κ1) is 127. The lowest BCUT2D eigenvalue weighted by Crippen LogP contribution is -2.62. The van der Waals surface area contributed by atoms with Gasteiger partial charge in [0.2, 0.25) is 130 Å². The average molecular weight is 2070 g/mol. The molecule has 58 heteroatoms. The number of thiol groups is 1. The van der Waals surface area contributed by atoms with E-state index in [0.29, 0.717) is 12.8 Å². The molecule has 2 rings (SSSR count). The Morgan fingerprint density at radius 2 is 0.799 bits per heavy atom. The summed E-state index contributed by atoms with van der Waals surface area (Å²) in [7, 11) is 0. The molecule has 22 amide bonds. The molecule has 0 spiro atoms. The number of aromatic amines is 1. The van der Waals surface area contributed by atoms with E-state index in [1.165, 1.54) is 38.2 Å². The summed E-state index contributed by atoms with van der Waals surface area (Å²) in [5.74, 6) is -30.0. The van der Waals surface area contributed by atoms with E-state index in [2.05, 4.69) is 118 Å². The summed E-state index contributed by atoms with van der Waals surface area (Å²) in [6, 6.07) is -28.3. The number of likely N-dealkylation sites (tertiary alicyclic amines) is 1. The number of amides is 22. The number of carbonyl (C=O) groups excluding carboxylic acids is 22. The fraction of sp³-hybridized carbons (Fsp3) is 0.686. The number of carbonyl (C=O) groups is 24. The zero-order chi connectivity index (χ0) is 109. The Morgan fingerprint density at radius 3 is 1.22 bits per heavy atom. The van der Waals surface area contributed by atoms with Gasteiger partial charge in [-0.3, -0.25) is 115 Å². The van der Waals surface area contributed by atoms with Gasteiger partial charge in [-0.2, -0.15) is 12.6 Å². The second kappa shape index (κ2) is 66.4. The Kier molecular flexibility index (Phi) is 58.4. The summed E-state index contributed by atoms with van der Waals surface area (Å²) >= 11 is 4.16. The third kappa shape index (κ3) is 46.3. The van der Waals surface area contributed by atoms with Crippen molar-refractivity contribution in [3.63, 3.8) is 0 Å². The van der Waals surface area contributed by atoms with Crippen molar-refractivity contribution in [3.8, 4) is 0 Å². The topological polar surface area (TPSA) is 941 Å². The molecule has 38 N–H and O–H groups in total. The number of hydrogen-bond donors (Lipinski definition) is 32. The molecule has 810 valence electrons. The molecule has 57 nitrogen and oxygen atoms in total. The third-order valence-corrected chi connectivity index (χ3v) is 22.8. The van der Waals surface area contributed by atoms with Gasteiger partial charge in [-0.25, -0.2) is 4.98 Å². The molecule has 1 saturated heterocycles. The predicted molar refractivity (Wildman–Crippen MR) is 511 cm³/mol. The number of H-pyrrole nitrogens is 1. The summed E-state index contributed by atoms with van der Waals surface area (Å²) in [4.78, 5) is 332. The quantitative estimate of drug-likeness (QED) is 0.0213. The number of hydrogen-bond acceptors (Lipinski definition) is 33. The van der Waals surface area contributed by atoms with Crippen LogP contribution >= 0.6 is 12.6 Å². The number of unbranched alkanes of at least 4 members (excludes halogenated alkanes) is 3. The van der Waals surface area contributed by atoms with Crippen molar-refractivity contribution in [2.75, 3.05) is 71.4 Å². The zero-order valence-electron chi connectivity index (χ0n) is 81.9. The number of nitrogens with one attached hydrogen (secondary N) is 19. The first-order valence-electron chi connectivity index (χ1n) is 47.1. The van der Waals surface area contributed by atoms with Gasteiger partial charge in [-0.15, -0.1) is 0 Å². The van der Waals surface area contributed by atoms with Crippen LogP contribution in [0.15, 0.2) is 12.5 Å². The largest absolute Gasteiger partial charge is 0.481 e. The van der Waals surface area contributed by atoms with Crippen LogP contribution in [0.1, 0.15) is 177 Å². The Labute approximate surface area is 835 Å². The fourth-order valence-electron chi connectivity index (χ4n) is 14.3. The summed E-state index contributed by atoms with van der Waals surface area (Å²) in [5.41, 5.74) is 39.7. The number of carboxylic acid groups (broad SMARTS) is 2. The van der Waals surface area contributed by atoms with Crippen LogP contribution in [0.25, 0.3) is 0 Å². The van der Waals surface area contributed by atoms with Crippen molar-refractivity contribution in [2.45, 2.75) is 280 Å². The van der Waals surface area contributed by atoms with E-state index >= 15 is 0 Å². The molecule has 2 heterocycles. The SMILES string of the molecule is CC[C@H](C)[C@H](NC(=O)[C@H](CC(N)=O)NC(=O)[C@H](CC(=O)O)NC(=O)[C@H](CCCCN)NC(=O)[C@H](CO)NC(=O)CNC(=O)[C@H](CS)NC(=O)[C@H](CCCCN)NC(=O)[C@H](CO)NC(=O)[C@H](CCC(N)=O)NC(=O)[C@@H](NC(=O)[C@H](CC(N)=O)NC(=O)[C@H](CO)NC(=O)[C@@H](N)CC(C)C)C(C)C)C(=O)N[C@@H](CCCCN)C(=O)N[C@@H](Cc1c[nH]cn1)C(=O)N[C@H](C(=O)N1CCC[C@H]1C(=O)NCC(=O)NCC(=O)O)C(C)C. The van der Waals surface area contributed by atoms with E-state index < -0.39 is 340 Å². The molecule has 0 unspecified atom stereocenters. The molecule has 0 aliphatic carbocycles. The highest BCUT2D eigenvalue weighted by Crippen LogP contribution is 2.22. The number of aliphatic carboxylic acids is 2. The Morgan fingerprint density at radius 1 is 0.417 bits per heavy atom. The summed E-state index contributed by atoms with van der Waals surface area (Å²) in [6.45, 7) is 7.30. The third-order valence-electron chi connectivity index (χ3n) is 22.5. The smallest absolute Gasteiger partial charge is 0.322 e. The molecule has 1 aliphatic rings. The van der Waals surface area contributed by atoms with Gasteiger partial charge in [-0.05, 0) is 127 Å². The Hall–Kier alpha value is -13.4. The van der Waals surface area contributed by atoms with Crippen molar-refractivity contribution >= 4 is 155 Å². The van der Waals surface area contributed by atoms with Gasteiger partial charge in [-0.1, -0.05) is 61.8 Å². The molecule has 1 fully saturated rings. The maximum Gasteiger partial charge on any atom is 0.322 e. The van der Waals surface area contributed by atoms with Gasteiger partial charge in [0, 0.05) is 31.3 Å². The molecule has 144 heavy (non-hydrogen) atoms. The summed E-state index contributed by atoms with van der Waals surface area (Å²) < 4.78 is 0. The van der Waals surface area contributed by atoms with Crippen molar-refractivity contribution in [3.05, 3.63) is 18.2 Å². The Balaban J connectivity index is 2.38. The van der Waals surface area contributed by atoms with Gasteiger partial charge in [0.15, 0.2) is 0 Å². The Bertz CT molecular complexity index is 4520. The van der Waals surface area contributed by atoms with Crippen LogP contribution in [-0.4, -0.2) is 356 Å². The molecular formula is C86H146N28O29S. The van der Waals surface area contributed by atoms with Crippen LogP contribution in [-0.2, 0) is 121 Å². The number of nitrogens with zero attached hydrogens (tertiary/aromatic N) is 2. The number of nitrogens with two attached hydrogens (primary N) is 7. The molecule has 1 aromatic rings. The van der Waals surface area contributed by atoms with E-state index in [4.69, 9.17) is 45.2 Å². The minimum atomic E-state index is -2.17. The highest BCUT2D eigenvalue weighted by Gasteiger charge is 2.44. The fourth-order valence-corrected chi connectivity index (χ4v) is 14.5. The minimum absolute atomic E-state index is 0.0244. The average Bonchev–Trinajstić information content (AvgIpc) is 1.69. The van der Waals surface area contributed by atoms with Crippen LogP contribution in [0, 0.1) is 23.7 Å². The van der Waals surface area contributed by atoms with Crippen molar-refractivity contribution in [1.29, 1.82) is 0 Å². The van der Waals surface area contributed by atoms with Crippen LogP contribution < -0.4 is 136 Å². The number of imidazole rings is 1. The van der Waals surface area contributed by atoms with Gasteiger partial charge < -0.3 is 171 Å². The second-order valence-electron chi connectivity index (χ2n) is 35.4. The van der Waals surface area contributed by atoms with Gasteiger partial charge >= 0.3 is 11.9 Å². The van der Waals surface area contributed by atoms with Crippen LogP contribution in [0.4, 0.5) is 0 Å². The van der Waals surface area contributed by atoms with Crippen molar-refractivity contribution < 1.29 is 141 Å². The maximum absolute atomic E-state index is 14.7. The molecule has 1 aromatic heterocycles. The monoisotopic (exact) mass is 2070 g/mol. The number of carboxylic acids is 2. The highest BCUT2D eigenvalue weighted by molar-refractivity contribution is 7.80. The van der Waals surface area contributed by atoms with Gasteiger partial charge in [0.25, 0.3) is 0 Å². The summed E-state index contributed by atoms with van der Waals surface area (Å²) in [6.07, 6.45) is -0.709. The molecule has 0 saturated carbocycles. The molecule has 18 atom stereocenters. The van der Waals surface area contributed by atoms with E-state index in [-0.39, 0.29) is 115 Å². The van der Waals surface area contributed by atoms with E-state index in [9.17, 15) is 135 Å². The standard InChI is InChI=1S/C86H146N28O29S/c1-9-44(8)69(85(142)102-49(19-12-15-25-89)73(130)104-51(28-45-32-94-40-98-45)77(134)112-68(43(6)7)86(143)114-26-16-20-59(114)83(140)97-33-63(121)95-35-66(125)126)113-79(136)53(30-62(93)120)105-76(133)54(31-65(123)124)107-72(129)47(17-10-13-23-87)100-80(137)55(36-115)99-64(122)34-96-71(128)58(39-144)110-74(131)48(18-11-14-24-88)101-81(138)57(38-117)109-75(132)50(21-22-60(91)118)103-84(141)67(42(4)5)111-78(135)52(29-61(92)119)106-82(139)56(37-116)108-70(127)46(90)27-41(2)3/h32,40-44,46-59,67-69,115-117,144H,9-31,33-39,87-90H2,1-8H3,(H2,91,118)(H2,92,119)(H2,93,120)(H,94,98)(H,95,121)(H,96,128)(H,97,140)(H,99,122)(H,100,137)(H,101,138)(H,102,142)(H,103,141)(H,104,130)(H,105,133)(H,106,139)(H,107,129)(H,108,127)(H,109,132)(H,110,131)(H,111,135)(H,112,134)(H,113,136)(H,123,124)(H,125,126)/t44-,46-,47-,48-,49-,50-,51-,52-,53-,54-,55-,56-,57-,58-,59-,67-,68-,69-/m0/s1. The predicted octanol–water partition coefficient (Wildman–Crippen LogP) is -13.8. The van der Waals surface area contributed by atoms with Crippen LogP contribution in [0.5, 0.6) is 0 Å². The molecule has 1 aliphatic heterocycles. The molecule has 0 radical (unpaired) electrons. The minimum Gasteiger partial charge on any atom is -0.481 e. The lowest BCUT2D eigenvalue weighted by atomic mass is 9.96. The molecular weight excluding hydrogens is 1920 g/mol. The number of aliphatic hydroxyl groups is 3. The van der Waals surface area contributed by atoms with Crippen LogP contribution in [0.2, 0.25) is 0 Å². The van der Waals surface area contributed by atoms with Gasteiger partial charge in [0.1, 0.15) is 103 Å². The normalized spacial score (nSPS) is 15.8. The lowest BCUT2D eigenvalue weighted by molar-refractivity contribution is -0.143. The zero-order valence-corrected chi connectivity index (χ0v) is 82.8. The number of aliphatic hydroxyl groups excluding tert-OH is 3. The number of aromatic nitrogens is 2. The van der Waals surface area contributed by atoms with Crippen molar-refractivity contribution in [1.82, 2.24) is 111 Å². The van der Waals surface area contributed by atoms with Gasteiger partial charge in [0.05, 0.1) is 70.2 Å². The maximum atomic E-state index is 14.7. The molecule has 0 aromatic carbocycles. The van der Waals surface area contributed by atoms with E-state index in [0.717, 1.165) is 0 Å². The second-order valence-corrected chi connectivity index (χ2v) is 35.8. The molecule has 0 bridgehead atoms. The first-order chi connectivity index (χ1) is 67.8. The lowest BCUT2D eigenvalue weighted by Gasteiger charge is -2.32. The van der Waals surface area contributed by atoms with Crippen LogP contribution in [0.3, 0.4) is 0 Å². The first-order valence-corrected chi connectivity index (χ1v) is 47.7. The van der Waals surface area contributed by atoms with E-state index in [1.807, 2.05) is 0 Å². The van der Waals surface area contributed by atoms with Crippen molar-refractivity contribution in [2.24, 2.45) is 63.8 Å². The number of primary amides is 3.